The van der Waals surface area contributed by atoms with Gasteiger partial charge in [0.25, 0.3) is 0 Å². The summed E-state index contributed by atoms with van der Waals surface area (Å²) in [6.45, 7) is 0. The van der Waals surface area contributed by atoms with Crippen LogP contribution >= 0.6 is 0 Å². The molecule has 0 aromatic carbocycles. The average molecular weight is 360 g/mol. The van der Waals surface area contributed by atoms with Crippen molar-refractivity contribution in [2.75, 3.05) is 0 Å². The Labute approximate surface area is 166 Å². The van der Waals surface area contributed by atoms with E-state index in [2.05, 4.69) is 0 Å². The third-order valence-electron chi connectivity index (χ3n) is 2.95. The van der Waals surface area contributed by atoms with Gasteiger partial charge in [-0.25, -0.2) is 12.8 Å². The van der Waals surface area contributed by atoms with E-state index in [1.54, 1.807) is 0 Å². The zero-order valence-electron chi connectivity index (χ0n) is 12.3. The van der Waals surface area contributed by atoms with E-state index in [9.17, 15) is 30.5 Å². The third-order valence-corrected chi connectivity index (χ3v) is 3.82. The Kier molecular flexibility index (Phi) is 14.8. The molecular weight excluding hydrogens is 339 g/mol. The molecule has 0 amide bonds. The summed E-state index contributed by atoms with van der Waals surface area (Å²) in [7, 11) is -4.83. The molecule has 0 saturated carbocycles. The van der Waals surface area contributed by atoms with Crippen LogP contribution in [-0.2, 0) is 10.1 Å². The number of rotatable bonds is 11. The first-order valence-corrected chi connectivity index (χ1v) is 8.25. The van der Waals surface area contributed by atoms with E-state index in [4.69, 9.17) is 0 Å². The summed E-state index contributed by atoms with van der Waals surface area (Å²) in [5.41, 5.74) is -2.33. The Morgan fingerprint density at radius 1 is 0.857 bits per heavy atom. The molecule has 0 aliphatic rings. The molecule has 0 rings (SSSR count). The molecule has 0 bridgehead atoms. The molecule has 9 heteroatoms. The molecule has 0 N–H and O–H groups in total. The maximum Gasteiger partial charge on any atom is 1.00 e. The molecule has 0 aromatic rings. The molecule has 0 aliphatic carbocycles. The van der Waals surface area contributed by atoms with Crippen LogP contribution in [0.2, 0.25) is 0 Å². The molecule has 0 saturated heterocycles. The van der Waals surface area contributed by atoms with Gasteiger partial charge in [-0.1, -0.05) is 38.5 Å². The van der Waals surface area contributed by atoms with Crippen LogP contribution in [-0.4, -0.2) is 24.7 Å². The Morgan fingerprint density at radius 3 is 1.62 bits per heavy atom. The topological polar surface area (TPSA) is 57.2 Å². The van der Waals surface area contributed by atoms with Crippen molar-refractivity contribution in [3.8, 4) is 0 Å². The van der Waals surface area contributed by atoms with E-state index in [0.717, 1.165) is 25.7 Å². The van der Waals surface area contributed by atoms with Gasteiger partial charge in [0.15, 0.2) is 5.50 Å². The van der Waals surface area contributed by atoms with Crippen LogP contribution in [0.25, 0.3) is 0 Å². The van der Waals surface area contributed by atoms with Crippen LogP contribution in [0.4, 0.5) is 17.6 Å². The average Bonchev–Trinajstić information content (AvgIpc) is 2.28. The quantitative estimate of drug-likeness (QED) is 0.241. The Morgan fingerprint density at radius 2 is 1.24 bits per heavy atom. The molecule has 0 spiro atoms. The maximum atomic E-state index is 12.7. The second-order valence-electron chi connectivity index (χ2n) is 4.89. The summed E-state index contributed by atoms with van der Waals surface area (Å²) in [5.74, 6) is 0. The van der Waals surface area contributed by atoms with Crippen LogP contribution < -0.4 is 51.4 Å². The fourth-order valence-electron chi connectivity index (χ4n) is 1.84. The first kappa shape index (κ1) is 24.5. The second kappa shape index (κ2) is 12.7. The molecule has 21 heavy (non-hydrogen) atoms. The van der Waals surface area contributed by atoms with Gasteiger partial charge in [0.05, 0.1) is 0 Å². The van der Waals surface area contributed by atoms with Gasteiger partial charge in [-0.05, 0) is 19.3 Å². The smallest absolute Gasteiger partial charge is 0.746 e. The standard InChI is InChI=1S/C12H22F4O3S.K/c13-11(20(17,18)19)9-7-5-3-1-2-4-6-8-10-12(14,15)16;/h11H,1-10H2,(H,17,18,19);/q;+1/p-1. The summed E-state index contributed by atoms with van der Waals surface area (Å²) < 4.78 is 79.0. The van der Waals surface area contributed by atoms with Crippen LogP contribution in [0.1, 0.15) is 64.2 Å². The van der Waals surface area contributed by atoms with E-state index in [1.807, 2.05) is 0 Å². The first-order valence-electron chi connectivity index (χ1n) is 6.78. The second-order valence-corrected chi connectivity index (χ2v) is 6.38. The molecule has 0 aliphatic heterocycles. The minimum atomic E-state index is -4.83. The van der Waals surface area contributed by atoms with E-state index < -0.39 is 28.2 Å². The van der Waals surface area contributed by atoms with Crippen LogP contribution in [0, 0.1) is 0 Å². The van der Waals surface area contributed by atoms with Crippen molar-refractivity contribution in [3.63, 3.8) is 0 Å². The monoisotopic (exact) mass is 360 g/mol. The maximum absolute atomic E-state index is 12.7. The largest absolute Gasteiger partial charge is 1.00 e. The molecule has 0 aromatic heterocycles. The molecule has 3 nitrogen and oxygen atoms in total. The molecule has 0 radical (unpaired) electrons. The van der Waals surface area contributed by atoms with Crippen molar-refractivity contribution in [2.45, 2.75) is 75.9 Å². The van der Waals surface area contributed by atoms with Gasteiger partial charge in [-0.2, -0.15) is 13.2 Å². The van der Waals surface area contributed by atoms with Gasteiger partial charge < -0.3 is 4.55 Å². The molecule has 1 atom stereocenters. The van der Waals surface area contributed by atoms with Gasteiger partial charge in [0, 0.05) is 6.42 Å². The summed E-state index contributed by atoms with van der Waals surface area (Å²) in [5, 5.41) is 0. The predicted octanol–water partition coefficient (Wildman–Crippen LogP) is 1.29. The Hall–Kier alpha value is 1.27. The van der Waals surface area contributed by atoms with Crippen molar-refractivity contribution >= 4 is 10.1 Å². The van der Waals surface area contributed by atoms with Crippen molar-refractivity contribution < 1.29 is 81.9 Å². The van der Waals surface area contributed by atoms with Crippen LogP contribution in [0.15, 0.2) is 0 Å². The molecular formula is C12H21F4KO3S. The van der Waals surface area contributed by atoms with E-state index in [0.29, 0.717) is 19.3 Å². The van der Waals surface area contributed by atoms with E-state index in [-0.39, 0.29) is 64.2 Å². The fourth-order valence-corrected chi connectivity index (χ4v) is 2.29. The van der Waals surface area contributed by atoms with Crippen molar-refractivity contribution in [1.29, 1.82) is 0 Å². The van der Waals surface area contributed by atoms with E-state index in [1.165, 1.54) is 0 Å². The number of unbranched alkanes of at least 4 members (excludes halogenated alkanes) is 7. The minimum absolute atomic E-state index is 0. The fraction of sp³-hybridized carbons (Fsp3) is 1.00. The minimum Gasteiger partial charge on any atom is -0.746 e. The summed E-state index contributed by atoms with van der Waals surface area (Å²) >= 11 is 0. The Balaban J connectivity index is 0. The Bertz CT molecular complexity index is 347. The number of hydrogen-bond donors (Lipinski definition) is 0. The summed E-state index contributed by atoms with van der Waals surface area (Å²) in [6.07, 6.45) is -0.313. The van der Waals surface area contributed by atoms with E-state index >= 15 is 0 Å². The van der Waals surface area contributed by atoms with Gasteiger partial charge in [0.1, 0.15) is 10.1 Å². The molecule has 1 unspecified atom stereocenters. The summed E-state index contributed by atoms with van der Waals surface area (Å²) in [4.78, 5) is 0. The normalized spacial score (nSPS) is 13.8. The predicted molar refractivity (Wildman–Crippen MR) is 66.8 cm³/mol. The number of halogens is 4. The molecule has 122 valence electrons. The summed E-state index contributed by atoms with van der Waals surface area (Å²) in [6, 6.07) is 0. The first-order chi connectivity index (χ1) is 9.13. The van der Waals surface area contributed by atoms with Gasteiger partial charge in [-0.15, -0.1) is 0 Å². The van der Waals surface area contributed by atoms with Crippen molar-refractivity contribution in [2.24, 2.45) is 0 Å². The van der Waals surface area contributed by atoms with Crippen molar-refractivity contribution in [3.05, 3.63) is 0 Å². The van der Waals surface area contributed by atoms with Gasteiger partial charge in [-0.3, -0.25) is 0 Å². The van der Waals surface area contributed by atoms with Crippen LogP contribution in [0.3, 0.4) is 0 Å². The van der Waals surface area contributed by atoms with Gasteiger partial charge >= 0.3 is 57.6 Å². The van der Waals surface area contributed by atoms with Crippen LogP contribution in [0.5, 0.6) is 0 Å². The number of hydrogen-bond acceptors (Lipinski definition) is 3. The zero-order valence-corrected chi connectivity index (χ0v) is 16.2. The van der Waals surface area contributed by atoms with Gasteiger partial charge in [0.2, 0.25) is 0 Å². The van der Waals surface area contributed by atoms with Crippen molar-refractivity contribution in [1.82, 2.24) is 0 Å². The molecule has 0 fully saturated rings. The third kappa shape index (κ3) is 17.5. The molecule has 0 heterocycles. The SMILES string of the molecule is O=S(=O)([O-])C(F)CCCCCCCCCCC(F)(F)F.[K+]. The number of alkyl halides is 4. The zero-order chi connectivity index (χ0) is 15.6.